The Morgan fingerprint density at radius 2 is 1.86 bits per heavy atom. The van der Waals surface area contributed by atoms with Crippen molar-refractivity contribution in [2.75, 3.05) is 5.32 Å². The lowest BCUT2D eigenvalue weighted by atomic mass is 10.0. The van der Waals surface area contributed by atoms with Crippen molar-refractivity contribution in [1.29, 1.82) is 0 Å². The summed E-state index contributed by atoms with van der Waals surface area (Å²) in [5.74, 6) is -0.855. The van der Waals surface area contributed by atoms with Crippen LogP contribution in [0.25, 0.3) is 22.2 Å². The van der Waals surface area contributed by atoms with Crippen LogP contribution in [0, 0.1) is 0 Å². The summed E-state index contributed by atoms with van der Waals surface area (Å²) in [5.41, 5.74) is 2.85. The van der Waals surface area contributed by atoms with E-state index in [1.165, 1.54) is 0 Å². The number of aliphatic hydroxyl groups excluding tert-OH is 1. The Hall–Kier alpha value is -3.36. The fourth-order valence-electron chi connectivity index (χ4n) is 2.95. The molecule has 0 spiro atoms. The predicted octanol–water partition coefficient (Wildman–Crippen LogP) is 4.39. The van der Waals surface area contributed by atoms with Crippen LogP contribution >= 0.6 is 15.9 Å². The topological polar surface area (TPSA) is 108 Å². The lowest BCUT2D eigenvalue weighted by Crippen LogP contribution is -2.06. The van der Waals surface area contributed by atoms with Gasteiger partial charge in [-0.1, -0.05) is 46.3 Å². The SMILES string of the molecule is O=C(O)c1nc2nc(Nc3cccc(CO)c3)ncc2cc1-c1ccccc1Br. The number of benzene rings is 2. The summed E-state index contributed by atoms with van der Waals surface area (Å²) in [6.07, 6.45) is 1.60. The number of pyridine rings is 1. The van der Waals surface area contributed by atoms with Crippen LogP contribution < -0.4 is 5.32 Å². The highest BCUT2D eigenvalue weighted by molar-refractivity contribution is 9.10. The molecule has 2 heterocycles. The Morgan fingerprint density at radius 3 is 2.62 bits per heavy atom. The number of carboxylic acid groups (broad SMARTS) is 1. The minimum absolute atomic E-state index is 0.0740. The summed E-state index contributed by atoms with van der Waals surface area (Å²) in [6.45, 7) is -0.0740. The number of rotatable bonds is 5. The number of fused-ring (bicyclic) bond motifs is 1. The van der Waals surface area contributed by atoms with Crippen molar-refractivity contribution in [1.82, 2.24) is 15.0 Å². The molecule has 0 aliphatic carbocycles. The average molecular weight is 451 g/mol. The van der Waals surface area contributed by atoms with Gasteiger partial charge in [0.15, 0.2) is 11.3 Å². The molecule has 4 aromatic rings. The van der Waals surface area contributed by atoms with Crippen molar-refractivity contribution in [2.45, 2.75) is 6.61 Å². The summed E-state index contributed by atoms with van der Waals surface area (Å²) < 4.78 is 0.770. The van der Waals surface area contributed by atoms with E-state index >= 15 is 0 Å². The fourth-order valence-corrected chi connectivity index (χ4v) is 3.45. The summed E-state index contributed by atoms with van der Waals surface area (Å²) >= 11 is 3.46. The fraction of sp³-hybridized carbons (Fsp3) is 0.0476. The molecule has 8 heteroatoms. The first-order valence-corrected chi connectivity index (χ1v) is 9.47. The Bertz CT molecular complexity index is 1230. The van der Waals surface area contributed by atoms with Crippen LogP contribution in [0.2, 0.25) is 0 Å². The van der Waals surface area contributed by atoms with Gasteiger partial charge in [0.1, 0.15) is 0 Å². The number of hydrogen-bond donors (Lipinski definition) is 3. The molecule has 0 fully saturated rings. The molecule has 0 saturated carbocycles. The molecule has 3 N–H and O–H groups in total. The predicted molar refractivity (Wildman–Crippen MR) is 113 cm³/mol. The number of aromatic carboxylic acids is 1. The molecule has 0 bridgehead atoms. The van der Waals surface area contributed by atoms with E-state index in [1.807, 2.05) is 30.3 Å². The summed E-state index contributed by atoms with van der Waals surface area (Å²) in [6, 6.07) is 16.3. The van der Waals surface area contributed by atoms with Gasteiger partial charge in [0, 0.05) is 27.3 Å². The molecule has 0 saturated heterocycles. The first-order chi connectivity index (χ1) is 14.0. The van der Waals surface area contributed by atoms with Gasteiger partial charge >= 0.3 is 5.97 Å². The molecule has 0 radical (unpaired) electrons. The highest BCUT2D eigenvalue weighted by Gasteiger charge is 2.18. The minimum atomic E-state index is -1.14. The molecule has 0 aliphatic heterocycles. The van der Waals surface area contributed by atoms with Gasteiger partial charge in [-0.25, -0.2) is 14.8 Å². The molecule has 0 atom stereocenters. The van der Waals surface area contributed by atoms with Gasteiger partial charge in [-0.05, 0) is 35.4 Å². The Labute approximate surface area is 174 Å². The first-order valence-electron chi connectivity index (χ1n) is 8.68. The van der Waals surface area contributed by atoms with Crippen LogP contribution in [-0.4, -0.2) is 31.1 Å². The normalized spacial score (nSPS) is 10.8. The number of carbonyl (C=O) groups is 1. The second-order valence-electron chi connectivity index (χ2n) is 6.26. The number of carboxylic acids is 1. The summed E-state index contributed by atoms with van der Waals surface area (Å²) in [5, 5.41) is 22.6. The zero-order valence-corrected chi connectivity index (χ0v) is 16.6. The highest BCUT2D eigenvalue weighted by Crippen LogP contribution is 2.32. The van der Waals surface area contributed by atoms with Crippen molar-refractivity contribution < 1.29 is 15.0 Å². The maximum Gasteiger partial charge on any atom is 0.355 e. The molecule has 0 aliphatic rings. The molecular weight excluding hydrogens is 436 g/mol. The smallest absolute Gasteiger partial charge is 0.355 e. The first kappa shape index (κ1) is 19.0. The Balaban J connectivity index is 1.78. The molecule has 0 amide bonds. The molecule has 2 aromatic heterocycles. The van der Waals surface area contributed by atoms with Crippen molar-refractivity contribution in [3.8, 4) is 11.1 Å². The van der Waals surface area contributed by atoms with Gasteiger partial charge in [0.2, 0.25) is 5.95 Å². The molecule has 144 valence electrons. The lowest BCUT2D eigenvalue weighted by molar-refractivity contribution is 0.0692. The summed E-state index contributed by atoms with van der Waals surface area (Å²) in [4.78, 5) is 24.8. The van der Waals surface area contributed by atoms with E-state index in [-0.39, 0.29) is 23.9 Å². The van der Waals surface area contributed by atoms with E-state index in [0.717, 1.165) is 15.6 Å². The Morgan fingerprint density at radius 1 is 1.03 bits per heavy atom. The van der Waals surface area contributed by atoms with Crippen LogP contribution in [0.3, 0.4) is 0 Å². The van der Waals surface area contributed by atoms with Gasteiger partial charge in [0.05, 0.1) is 6.61 Å². The third-order valence-electron chi connectivity index (χ3n) is 4.30. The van der Waals surface area contributed by atoms with Crippen molar-refractivity contribution in [3.05, 3.63) is 76.5 Å². The van der Waals surface area contributed by atoms with Crippen LogP contribution in [0.1, 0.15) is 16.1 Å². The zero-order valence-electron chi connectivity index (χ0n) is 15.0. The number of halogens is 1. The Kier molecular flexibility index (Phi) is 5.20. The van der Waals surface area contributed by atoms with E-state index in [1.54, 1.807) is 30.5 Å². The number of nitrogens with one attached hydrogen (secondary N) is 1. The maximum atomic E-state index is 11.8. The molecule has 4 rings (SSSR count). The quantitative estimate of drug-likeness (QED) is 0.413. The van der Waals surface area contributed by atoms with Gasteiger partial charge in [-0.2, -0.15) is 4.98 Å². The van der Waals surface area contributed by atoms with Crippen LogP contribution in [0.4, 0.5) is 11.6 Å². The van der Waals surface area contributed by atoms with E-state index in [4.69, 9.17) is 0 Å². The van der Waals surface area contributed by atoms with Gasteiger partial charge in [-0.15, -0.1) is 0 Å². The van der Waals surface area contributed by atoms with E-state index in [2.05, 4.69) is 36.2 Å². The summed E-state index contributed by atoms with van der Waals surface area (Å²) in [7, 11) is 0. The lowest BCUT2D eigenvalue weighted by Gasteiger charge is -2.10. The van der Waals surface area contributed by atoms with Crippen molar-refractivity contribution >= 4 is 44.6 Å². The molecule has 0 unspecified atom stereocenters. The zero-order chi connectivity index (χ0) is 20.4. The maximum absolute atomic E-state index is 11.8. The van der Waals surface area contributed by atoms with E-state index in [0.29, 0.717) is 16.6 Å². The number of aliphatic hydroxyl groups is 1. The highest BCUT2D eigenvalue weighted by atomic mass is 79.9. The number of aromatic nitrogens is 3. The van der Waals surface area contributed by atoms with Gasteiger partial charge in [-0.3, -0.25) is 0 Å². The van der Waals surface area contributed by atoms with Crippen molar-refractivity contribution in [3.63, 3.8) is 0 Å². The monoisotopic (exact) mass is 450 g/mol. The molecule has 7 nitrogen and oxygen atoms in total. The van der Waals surface area contributed by atoms with Crippen LogP contribution in [-0.2, 0) is 6.61 Å². The third-order valence-corrected chi connectivity index (χ3v) is 4.99. The van der Waals surface area contributed by atoms with E-state index < -0.39 is 5.97 Å². The largest absolute Gasteiger partial charge is 0.476 e. The molecular formula is C21H15BrN4O3. The second kappa shape index (κ2) is 7.94. The number of hydrogen-bond acceptors (Lipinski definition) is 6. The second-order valence-corrected chi connectivity index (χ2v) is 7.11. The molecule has 2 aromatic carbocycles. The standard InChI is InChI=1S/C21H15BrN4O3/c22-17-7-2-1-6-15(17)16-9-13-10-23-21(26-19(13)25-18(16)20(28)29)24-14-5-3-4-12(8-14)11-27/h1-10,27H,11H2,(H,28,29)(H,23,24,25,26). The average Bonchev–Trinajstić information content (AvgIpc) is 2.73. The minimum Gasteiger partial charge on any atom is -0.476 e. The number of nitrogens with zero attached hydrogens (tertiary/aromatic N) is 3. The van der Waals surface area contributed by atoms with Crippen LogP contribution in [0.5, 0.6) is 0 Å². The number of anilines is 2. The third kappa shape index (κ3) is 3.94. The van der Waals surface area contributed by atoms with Gasteiger partial charge < -0.3 is 15.5 Å². The van der Waals surface area contributed by atoms with Crippen molar-refractivity contribution in [2.24, 2.45) is 0 Å². The van der Waals surface area contributed by atoms with E-state index in [9.17, 15) is 15.0 Å². The molecule has 29 heavy (non-hydrogen) atoms. The van der Waals surface area contributed by atoms with Crippen LogP contribution in [0.15, 0.2) is 65.3 Å². The van der Waals surface area contributed by atoms with Gasteiger partial charge in [0.25, 0.3) is 0 Å².